The maximum atomic E-state index is 12.2. The Morgan fingerprint density at radius 1 is 1.00 bits per heavy atom. The van der Waals surface area contributed by atoms with Crippen LogP contribution in [0.5, 0.6) is 11.5 Å². The first kappa shape index (κ1) is 21.6. The molecule has 0 heterocycles. The Balaban J connectivity index is 1.37. The van der Waals surface area contributed by atoms with E-state index in [2.05, 4.69) is 50.7 Å². The Morgan fingerprint density at radius 2 is 1.78 bits per heavy atom. The Bertz CT molecular complexity index is 1260. The van der Waals surface area contributed by atoms with E-state index in [4.69, 9.17) is 9.47 Å². The summed E-state index contributed by atoms with van der Waals surface area (Å²) in [5.41, 5.74) is 4.98. The summed E-state index contributed by atoms with van der Waals surface area (Å²) in [6.07, 6.45) is 1.58. The maximum absolute atomic E-state index is 12.2. The van der Waals surface area contributed by atoms with Crippen LogP contribution in [0.15, 0.2) is 94.5 Å². The van der Waals surface area contributed by atoms with Crippen LogP contribution in [0.2, 0.25) is 0 Å². The third-order valence-corrected chi connectivity index (χ3v) is 5.57. The Kier molecular flexibility index (Phi) is 6.82. The van der Waals surface area contributed by atoms with Crippen molar-refractivity contribution in [3.63, 3.8) is 0 Å². The second-order valence-corrected chi connectivity index (χ2v) is 7.90. The number of benzene rings is 4. The average molecular weight is 489 g/mol. The standard InChI is InChI=1S/C26H21BrN2O3/c1-31-22-12-10-20(11-13-22)26(30)29-28-16-18-9-14-25(24(27)15-18)32-17-21-7-4-6-19-5-2-3-8-23(19)21/h2-16H,17H2,1H3,(H,29,30)/b28-16-. The van der Waals surface area contributed by atoms with Gasteiger partial charge in [-0.15, -0.1) is 0 Å². The zero-order valence-electron chi connectivity index (χ0n) is 17.4. The molecular formula is C26H21BrN2O3. The first-order valence-electron chi connectivity index (χ1n) is 10.0. The molecule has 0 atom stereocenters. The van der Waals surface area contributed by atoms with Gasteiger partial charge in [0.05, 0.1) is 17.8 Å². The minimum absolute atomic E-state index is 0.294. The second-order valence-electron chi connectivity index (χ2n) is 7.04. The molecule has 4 rings (SSSR count). The topological polar surface area (TPSA) is 59.9 Å². The van der Waals surface area contributed by atoms with Crippen molar-refractivity contribution in [2.75, 3.05) is 7.11 Å². The number of hydrogen-bond acceptors (Lipinski definition) is 4. The van der Waals surface area contributed by atoms with Crippen LogP contribution in [0.1, 0.15) is 21.5 Å². The zero-order chi connectivity index (χ0) is 22.3. The zero-order valence-corrected chi connectivity index (χ0v) is 19.0. The summed E-state index contributed by atoms with van der Waals surface area (Å²) in [6, 6.07) is 26.9. The molecule has 6 heteroatoms. The van der Waals surface area contributed by atoms with Gasteiger partial charge in [0.25, 0.3) is 5.91 Å². The fraction of sp³-hybridized carbons (Fsp3) is 0.0769. The maximum Gasteiger partial charge on any atom is 0.271 e. The molecule has 4 aromatic carbocycles. The van der Waals surface area contributed by atoms with E-state index in [9.17, 15) is 4.79 Å². The van der Waals surface area contributed by atoms with Gasteiger partial charge in [-0.3, -0.25) is 4.79 Å². The predicted octanol–water partition coefficient (Wildman–Crippen LogP) is 5.95. The summed E-state index contributed by atoms with van der Waals surface area (Å²) in [6.45, 7) is 0.464. The first-order valence-corrected chi connectivity index (χ1v) is 10.8. The number of halogens is 1. The number of methoxy groups -OCH3 is 1. The van der Waals surface area contributed by atoms with Gasteiger partial charge in [0.15, 0.2) is 0 Å². The molecule has 0 aliphatic heterocycles. The quantitative estimate of drug-likeness (QED) is 0.258. The Morgan fingerprint density at radius 3 is 2.56 bits per heavy atom. The van der Waals surface area contributed by atoms with E-state index in [1.54, 1.807) is 37.6 Å². The molecule has 0 spiro atoms. The molecule has 1 amide bonds. The van der Waals surface area contributed by atoms with Crippen LogP contribution in [0.3, 0.4) is 0 Å². The Labute approximate surface area is 194 Å². The minimum atomic E-state index is -0.294. The van der Waals surface area contributed by atoms with Crippen molar-refractivity contribution < 1.29 is 14.3 Å². The molecule has 0 bridgehead atoms. The molecule has 32 heavy (non-hydrogen) atoms. The van der Waals surface area contributed by atoms with Crippen molar-refractivity contribution in [1.82, 2.24) is 5.43 Å². The lowest BCUT2D eigenvalue weighted by Crippen LogP contribution is -2.17. The van der Waals surface area contributed by atoms with E-state index < -0.39 is 0 Å². The molecule has 0 fully saturated rings. The lowest BCUT2D eigenvalue weighted by molar-refractivity contribution is 0.0955. The van der Waals surface area contributed by atoms with Gasteiger partial charge < -0.3 is 9.47 Å². The molecule has 0 aliphatic rings. The average Bonchev–Trinajstić information content (AvgIpc) is 2.83. The molecular weight excluding hydrogens is 468 g/mol. The number of nitrogens with zero attached hydrogens (tertiary/aromatic N) is 1. The van der Waals surface area contributed by atoms with Crippen molar-refractivity contribution >= 4 is 38.8 Å². The van der Waals surface area contributed by atoms with Gasteiger partial charge in [-0.05, 0) is 80.3 Å². The molecule has 4 aromatic rings. The number of ether oxygens (including phenoxy) is 2. The third kappa shape index (κ3) is 5.15. The molecule has 0 saturated heterocycles. The number of carbonyl (C=O) groups is 1. The molecule has 0 radical (unpaired) electrons. The monoisotopic (exact) mass is 488 g/mol. The molecule has 160 valence electrons. The van der Waals surface area contributed by atoms with Crippen molar-refractivity contribution in [2.45, 2.75) is 6.61 Å². The smallest absolute Gasteiger partial charge is 0.271 e. The van der Waals surface area contributed by atoms with E-state index in [1.165, 1.54) is 10.8 Å². The van der Waals surface area contributed by atoms with Gasteiger partial charge in [-0.1, -0.05) is 42.5 Å². The van der Waals surface area contributed by atoms with Crippen molar-refractivity contribution in [2.24, 2.45) is 5.10 Å². The summed E-state index contributed by atoms with van der Waals surface area (Å²) < 4.78 is 11.9. The van der Waals surface area contributed by atoms with Gasteiger partial charge in [-0.25, -0.2) is 5.43 Å². The number of amides is 1. The predicted molar refractivity (Wildman–Crippen MR) is 130 cm³/mol. The van der Waals surface area contributed by atoms with Crippen LogP contribution in [0, 0.1) is 0 Å². The van der Waals surface area contributed by atoms with Crippen molar-refractivity contribution in [3.8, 4) is 11.5 Å². The molecule has 0 saturated carbocycles. The van der Waals surface area contributed by atoms with Crippen LogP contribution in [0.4, 0.5) is 0 Å². The van der Waals surface area contributed by atoms with Gasteiger partial charge in [0, 0.05) is 5.56 Å². The first-order chi connectivity index (χ1) is 15.6. The van der Waals surface area contributed by atoms with E-state index >= 15 is 0 Å². The van der Waals surface area contributed by atoms with E-state index in [0.29, 0.717) is 17.9 Å². The largest absolute Gasteiger partial charge is 0.497 e. The number of fused-ring (bicyclic) bond motifs is 1. The van der Waals surface area contributed by atoms with E-state index in [1.807, 2.05) is 36.4 Å². The third-order valence-electron chi connectivity index (χ3n) is 4.95. The summed E-state index contributed by atoms with van der Waals surface area (Å²) in [7, 11) is 1.58. The lowest BCUT2D eigenvalue weighted by atomic mass is 10.1. The lowest BCUT2D eigenvalue weighted by Gasteiger charge is -2.11. The van der Waals surface area contributed by atoms with Crippen molar-refractivity contribution in [1.29, 1.82) is 0 Å². The molecule has 1 N–H and O–H groups in total. The highest BCUT2D eigenvalue weighted by Gasteiger charge is 2.06. The fourth-order valence-electron chi connectivity index (χ4n) is 3.26. The normalized spacial score (nSPS) is 10.9. The number of hydrazone groups is 1. The van der Waals surface area contributed by atoms with Crippen LogP contribution < -0.4 is 14.9 Å². The molecule has 0 aliphatic carbocycles. The van der Waals surface area contributed by atoms with E-state index in [0.717, 1.165) is 21.3 Å². The molecule has 0 unspecified atom stereocenters. The van der Waals surface area contributed by atoms with Crippen LogP contribution in [-0.2, 0) is 6.61 Å². The number of rotatable bonds is 7. The van der Waals surface area contributed by atoms with Gasteiger partial charge in [0.1, 0.15) is 18.1 Å². The minimum Gasteiger partial charge on any atom is -0.497 e. The van der Waals surface area contributed by atoms with Gasteiger partial charge in [-0.2, -0.15) is 5.10 Å². The summed E-state index contributed by atoms with van der Waals surface area (Å²) in [4.78, 5) is 12.2. The van der Waals surface area contributed by atoms with Crippen LogP contribution in [0.25, 0.3) is 10.8 Å². The van der Waals surface area contributed by atoms with Crippen LogP contribution >= 0.6 is 15.9 Å². The number of carbonyl (C=O) groups excluding carboxylic acids is 1. The number of nitrogens with one attached hydrogen (secondary N) is 1. The highest BCUT2D eigenvalue weighted by molar-refractivity contribution is 9.10. The number of hydrogen-bond donors (Lipinski definition) is 1. The van der Waals surface area contributed by atoms with Gasteiger partial charge in [0.2, 0.25) is 0 Å². The summed E-state index contributed by atoms with van der Waals surface area (Å²) >= 11 is 3.56. The second kappa shape index (κ2) is 10.1. The van der Waals surface area contributed by atoms with Crippen molar-refractivity contribution in [3.05, 3.63) is 106 Å². The highest BCUT2D eigenvalue weighted by atomic mass is 79.9. The van der Waals surface area contributed by atoms with Crippen LogP contribution in [-0.4, -0.2) is 19.2 Å². The summed E-state index contributed by atoms with van der Waals surface area (Å²) in [5, 5.41) is 6.42. The Hall–Kier alpha value is -3.64. The molecule has 5 nitrogen and oxygen atoms in total. The summed E-state index contributed by atoms with van der Waals surface area (Å²) in [5.74, 6) is 1.13. The SMILES string of the molecule is COc1ccc(C(=O)N/N=C\c2ccc(OCc3cccc4ccccc34)c(Br)c2)cc1. The highest BCUT2D eigenvalue weighted by Crippen LogP contribution is 2.27. The van der Waals surface area contributed by atoms with Gasteiger partial charge >= 0.3 is 0 Å². The molecule has 0 aromatic heterocycles. The fourth-order valence-corrected chi connectivity index (χ4v) is 3.77. The van der Waals surface area contributed by atoms with E-state index in [-0.39, 0.29) is 5.91 Å².